The third-order valence-corrected chi connectivity index (χ3v) is 1.36. The highest BCUT2D eigenvalue weighted by Crippen LogP contribution is 2.08. The Kier molecular flexibility index (Phi) is 1.95. The smallest absolute Gasteiger partial charge is 0.0889 e. The molecule has 0 aromatic rings. The molecule has 8 heavy (non-hydrogen) atoms. The molecule has 0 atom stereocenters. The molecule has 0 aromatic heterocycles. The van der Waals surface area contributed by atoms with Gasteiger partial charge in [-0.05, 0) is 32.3 Å². The average molecular weight is 112 g/mol. The maximum Gasteiger partial charge on any atom is 0.0889 e. The maximum atomic E-state index is 5.26. The summed E-state index contributed by atoms with van der Waals surface area (Å²) < 4.78 is 5.26. The minimum Gasteiger partial charge on any atom is -0.499 e. The molecule has 0 spiro atoms. The van der Waals surface area contributed by atoms with Crippen LogP contribution < -0.4 is 0 Å². The maximum absolute atomic E-state index is 5.26. The summed E-state index contributed by atoms with van der Waals surface area (Å²) >= 11 is 0. The van der Waals surface area contributed by atoms with Crippen molar-refractivity contribution in [1.29, 1.82) is 0 Å². The van der Waals surface area contributed by atoms with Gasteiger partial charge < -0.3 is 4.74 Å². The number of hydrogen-bond acceptors (Lipinski definition) is 1. The topological polar surface area (TPSA) is 9.23 Å². The molecule has 1 heterocycles. The fourth-order valence-electron chi connectivity index (χ4n) is 0.844. The van der Waals surface area contributed by atoms with Crippen LogP contribution in [0, 0.1) is 0 Å². The lowest BCUT2D eigenvalue weighted by Crippen LogP contribution is -1.86. The molecule has 0 unspecified atom stereocenters. The largest absolute Gasteiger partial charge is 0.499 e. The SMILES string of the molecule is CC1=CCCCCO1. The Morgan fingerprint density at radius 3 is 3.25 bits per heavy atom. The van der Waals surface area contributed by atoms with Crippen molar-refractivity contribution >= 4 is 0 Å². The Hall–Kier alpha value is -0.460. The van der Waals surface area contributed by atoms with Crippen molar-refractivity contribution in [3.05, 3.63) is 11.8 Å². The molecule has 0 amide bonds. The Labute approximate surface area is 50.3 Å². The summed E-state index contributed by atoms with van der Waals surface area (Å²) in [5.41, 5.74) is 0. The van der Waals surface area contributed by atoms with Gasteiger partial charge in [0.1, 0.15) is 0 Å². The molecule has 0 fully saturated rings. The quantitative estimate of drug-likeness (QED) is 0.466. The van der Waals surface area contributed by atoms with Crippen LogP contribution in [0.4, 0.5) is 0 Å². The van der Waals surface area contributed by atoms with Gasteiger partial charge in [0.25, 0.3) is 0 Å². The van der Waals surface area contributed by atoms with Crippen LogP contribution in [0.15, 0.2) is 11.8 Å². The Bertz CT molecular complexity index is 94.6. The van der Waals surface area contributed by atoms with Crippen LogP contribution in [0.1, 0.15) is 26.2 Å². The van der Waals surface area contributed by atoms with E-state index in [9.17, 15) is 0 Å². The van der Waals surface area contributed by atoms with Crippen molar-refractivity contribution in [2.75, 3.05) is 6.61 Å². The zero-order valence-electron chi connectivity index (χ0n) is 5.31. The van der Waals surface area contributed by atoms with Gasteiger partial charge in [-0.3, -0.25) is 0 Å². The lowest BCUT2D eigenvalue weighted by molar-refractivity contribution is 0.215. The van der Waals surface area contributed by atoms with Crippen LogP contribution >= 0.6 is 0 Å². The van der Waals surface area contributed by atoms with Crippen molar-refractivity contribution in [1.82, 2.24) is 0 Å². The van der Waals surface area contributed by atoms with Crippen LogP contribution in [-0.4, -0.2) is 6.61 Å². The monoisotopic (exact) mass is 112 g/mol. The average Bonchev–Trinajstić information content (AvgIpc) is 1.94. The van der Waals surface area contributed by atoms with Crippen molar-refractivity contribution in [2.24, 2.45) is 0 Å². The molecule has 46 valence electrons. The van der Waals surface area contributed by atoms with Gasteiger partial charge in [0.15, 0.2) is 0 Å². The third kappa shape index (κ3) is 1.57. The Morgan fingerprint density at radius 2 is 2.38 bits per heavy atom. The highest BCUT2D eigenvalue weighted by atomic mass is 16.5. The first-order chi connectivity index (χ1) is 3.89. The van der Waals surface area contributed by atoms with E-state index in [1.54, 1.807) is 0 Å². The van der Waals surface area contributed by atoms with Gasteiger partial charge in [-0.2, -0.15) is 0 Å². The normalized spacial score (nSPS) is 20.9. The van der Waals surface area contributed by atoms with E-state index in [-0.39, 0.29) is 0 Å². The summed E-state index contributed by atoms with van der Waals surface area (Å²) in [5, 5.41) is 0. The van der Waals surface area contributed by atoms with E-state index in [2.05, 4.69) is 6.08 Å². The van der Waals surface area contributed by atoms with E-state index < -0.39 is 0 Å². The van der Waals surface area contributed by atoms with Gasteiger partial charge >= 0.3 is 0 Å². The number of allylic oxidation sites excluding steroid dienone is 2. The van der Waals surface area contributed by atoms with Crippen molar-refractivity contribution in [2.45, 2.75) is 26.2 Å². The molecule has 0 radical (unpaired) electrons. The van der Waals surface area contributed by atoms with Crippen LogP contribution in [0.3, 0.4) is 0 Å². The van der Waals surface area contributed by atoms with Gasteiger partial charge in [0, 0.05) is 0 Å². The fourth-order valence-corrected chi connectivity index (χ4v) is 0.844. The Balaban J connectivity index is 2.36. The zero-order chi connectivity index (χ0) is 5.82. The highest BCUT2D eigenvalue weighted by Gasteiger charge is 1.95. The summed E-state index contributed by atoms with van der Waals surface area (Å²) in [6.07, 6.45) is 5.87. The first-order valence-corrected chi connectivity index (χ1v) is 3.19. The molecule has 0 saturated heterocycles. The van der Waals surface area contributed by atoms with Crippen LogP contribution in [0.5, 0.6) is 0 Å². The van der Waals surface area contributed by atoms with Crippen molar-refractivity contribution in [3.8, 4) is 0 Å². The van der Waals surface area contributed by atoms with E-state index in [1.807, 2.05) is 6.92 Å². The second kappa shape index (κ2) is 2.75. The number of ether oxygens (including phenoxy) is 1. The van der Waals surface area contributed by atoms with E-state index in [0.717, 1.165) is 12.4 Å². The van der Waals surface area contributed by atoms with Crippen molar-refractivity contribution in [3.63, 3.8) is 0 Å². The lowest BCUT2D eigenvalue weighted by Gasteiger charge is -1.98. The molecule has 0 saturated carbocycles. The third-order valence-electron chi connectivity index (χ3n) is 1.36. The molecule has 1 nitrogen and oxygen atoms in total. The van der Waals surface area contributed by atoms with Gasteiger partial charge in [-0.25, -0.2) is 0 Å². The molecular formula is C7H12O. The first kappa shape index (κ1) is 5.67. The Morgan fingerprint density at radius 1 is 1.50 bits per heavy atom. The highest BCUT2D eigenvalue weighted by molar-refractivity contribution is 4.89. The lowest BCUT2D eigenvalue weighted by atomic mass is 10.2. The van der Waals surface area contributed by atoms with E-state index in [1.165, 1.54) is 19.3 Å². The van der Waals surface area contributed by atoms with Gasteiger partial charge in [-0.15, -0.1) is 0 Å². The molecule has 1 rings (SSSR count). The molecule has 0 N–H and O–H groups in total. The first-order valence-electron chi connectivity index (χ1n) is 3.19. The van der Waals surface area contributed by atoms with Crippen LogP contribution in [0.2, 0.25) is 0 Å². The van der Waals surface area contributed by atoms with Gasteiger partial charge in [-0.1, -0.05) is 0 Å². The van der Waals surface area contributed by atoms with E-state index in [4.69, 9.17) is 4.74 Å². The second-order valence-corrected chi connectivity index (χ2v) is 2.16. The summed E-state index contributed by atoms with van der Waals surface area (Å²) in [4.78, 5) is 0. The van der Waals surface area contributed by atoms with Gasteiger partial charge in [0.05, 0.1) is 12.4 Å². The van der Waals surface area contributed by atoms with E-state index >= 15 is 0 Å². The van der Waals surface area contributed by atoms with E-state index in [0.29, 0.717) is 0 Å². The van der Waals surface area contributed by atoms with Crippen molar-refractivity contribution < 1.29 is 4.74 Å². The molecule has 0 bridgehead atoms. The summed E-state index contributed by atoms with van der Waals surface area (Å²) in [6, 6.07) is 0. The molecule has 1 aliphatic rings. The standard InChI is InChI=1S/C7H12O/c1-7-5-3-2-4-6-8-7/h5H,2-4,6H2,1H3. The minimum absolute atomic E-state index is 0.919. The predicted octanol–water partition coefficient (Wildman–Crippen LogP) is 2.09. The van der Waals surface area contributed by atoms with Gasteiger partial charge in [0.2, 0.25) is 0 Å². The minimum atomic E-state index is 0.919. The molecule has 0 aromatic carbocycles. The molecule has 1 aliphatic heterocycles. The number of hydrogen-bond donors (Lipinski definition) is 0. The summed E-state index contributed by atoms with van der Waals surface area (Å²) in [5.74, 6) is 1.10. The fraction of sp³-hybridized carbons (Fsp3) is 0.714. The second-order valence-electron chi connectivity index (χ2n) is 2.16. The molecule has 0 aliphatic carbocycles. The molecular weight excluding hydrogens is 100 g/mol. The summed E-state index contributed by atoms with van der Waals surface area (Å²) in [7, 11) is 0. The number of rotatable bonds is 0. The predicted molar refractivity (Wildman–Crippen MR) is 33.6 cm³/mol. The molecule has 1 heteroatoms. The van der Waals surface area contributed by atoms with Crippen LogP contribution in [0.25, 0.3) is 0 Å². The van der Waals surface area contributed by atoms with Crippen LogP contribution in [-0.2, 0) is 4.74 Å². The summed E-state index contributed by atoms with van der Waals surface area (Å²) in [6.45, 7) is 2.94. The zero-order valence-corrected chi connectivity index (χ0v) is 5.31.